The van der Waals surface area contributed by atoms with E-state index in [1.54, 1.807) is 6.07 Å². The zero-order valence-corrected chi connectivity index (χ0v) is 8.11. The van der Waals surface area contributed by atoms with Crippen LogP contribution >= 0.6 is 22.6 Å². The van der Waals surface area contributed by atoms with Crippen molar-refractivity contribution >= 4 is 35.2 Å². The molecule has 0 aromatic heterocycles. The first-order valence-electron chi connectivity index (χ1n) is 3.12. The molecule has 0 spiro atoms. The fourth-order valence-electron chi connectivity index (χ4n) is 0.807. The number of hydrogen-bond acceptors (Lipinski definition) is 3. The van der Waals surface area contributed by atoms with Gasteiger partial charge in [0.15, 0.2) is 12.6 Å². The molecule has 0 bridgehead atoms. The summed E-state index contributed by atoms with van der Waals surface area (Å²) in [5, 5.41) is 9.30. The number of halogens is 1. The maximum Gasteiger partial charge on any atom is 0.154 e. The molecule has 0 amide bonds. The van der Waals surface area contributed by atoms with Crippen LogP contribution < -0.4 is 0 Å². The summed E-state index contributed by atoms with van der Waals surface area (Å²) >= 11 is 1.91. The Morgan fingerprint density at radius 2 is 1.92 bits per heavy atom. The zero-order valence-electron chi connectivity index (χ0n) is 5.95. The highest BCUT2D eigenvalue weighted by Gasteiger charge is 2.08. The second-order valence-corrected chi connectivity index (χ2v) is 3.30. The average Bonchev–Trinajstić information content (AvgIpc) is 2.06. The van der Waals surface area contributed by atoms with E-state index in [2.05, 4.69) is 0 Å². The zero-order chi connectivity index (χ0) is 9.14. The van der Waals surface area contributed by atoms with Crippen LogP contribution in [0.4, 0.5) is 0 Å². The molecule has 0 saturated heterocycles. The number of phenols is 1. The predicted molar refractivity (Wildman–Crippen MR) is 51.6 cm³/mol. The molecule has 0 atom stereocenters. The minimum absolute atomic E-state index is 0.137. The van der Waals surface area contributed by atoms with Crippen LogP contribution in [0.5, 0.6) is 5.75 Å². The SMILES string of the molecule is O=Cc1ccc(I)c(C=O)c1O. The van der Waals surface area contributed by atoms with Crippen molar-refractivity contribution in [3.05, 3.63) is 26.8 Å². The van der Waals surface area contributed by atoms with Crippen molar-refractivity contribution in [2.45, 2.75) is 0 Å². The lowest BCUT2D eigenvalue weighted by Gasteiger charge is -2.01. The first-order valence-corrected chi connectivity index (χ1v) is 4.20. The molecule has 0 aliphatic carbocycles. The smallest absolute Gasteiger partial charge is 0.154 e. The van der Waals surface area contributed by atoms with E-state index in [1.807, 2.05) is 22.6 Å². The van der Waals surface area contributed by atoms with E-state index in [9.17, 15) is 14.7 Å². The molecular weight excluding hydrogens is 271 g/mol. The van der Waals surface area contributed by atoms with Gasteiger partial charge in [-0.3, -0.25) is 9.59 Å². The Bertz CT molecular complexity index is 333. The van der Waals surface area contributed by atoms with Crippen molar-refractivity contribution in [3.8, 4) is 5.75 Å². The Morgan fingerprint density at radius 3 is 2.42 bits per heavy atom. The summed E-state index contributed by atoms with van der Waals surface area (Å²) in [6.45, 7) is 0. The van der Waals surface area contributed by atoms with Gasteiger partial charge < -0.3 is 5.11 Å². The maximum atomic E-state index is 10.4. The Morgan fingerprint density at radius 1 is 1.25 bits per heavy atom. The van der Waals surface area contributed by atoms with Gasteiger partial charge in [0.1, 0.15) is 5.75 Å². The van der Waals surface area contributed by atoms with Gasteiger partial charge in [-0.1, -0.05) is 0 Å². The third-order valence-corrected chi connectivity index (χ3v) is 2.38. The van der Waals surface area contributed by atoms with Crippen LogP contribution in [-0.4, -0.2) is 17.7 Å². The average molecular weight is 276 g/mol. The maximum absolute atomic E-state index is 10.4. The van der Waals surface area contributed by atoms with Gasteiger partial charge in [0.25, 0.3) is 0 Å². The first kappa shape index (κ1) is 9.18. The molecular formula is C8H5IO3. The monoisotopic (exact) mass is 276 g/mol. The standard InChI is InChI=1S/C8H5IO3/c9-7-2-1-5(3-10)8(12)6(7)4-11/h1-4,12H. The number of phenolic OH excluding ortho intramolecular Hbond substituents is 1. The number of rotatable bonds is 2. The molecule has 1 aromatic rings. The highest BCUT2D eigenvalue weighted by Crippen LogP contribution is 2.24. The van der Waals surface area contributed by atoms with Gasteiger partial charge in [0.2, 0.25) is 0 Å². The molecule has 0 fully saturated rings. The summed E-state index contributed by atoms with van der Waals surface area (Å²) < 4.78 is 0.630. The van der Waals surface area contributed by atoms with Crippen molar-refractivity contribution in [1.82, 2.24) is 0 Å². The minimum Gasteiger partial charge on any atom is -0.506 e. The number of aromatic hydroxyl groups is 1. The molecule has 0 heterocycles. The molecule has 12 heavy (non-hydrogen) atoms. The van der Waals surface area contributed by atoms with Crippen molar-refractivity contribution in [2.75, 3.05) is 0 Å². The summed E-state index contributed by atoms with van der Waals surface area (Å²) in [5.41, 5.74) is 0.303. The number of carbonyl (C=O) groups excluding carboxylic acids is 2. The van der Waals surface area contributed by atoms with Crippen LogP contribution in [0.2, 0.25) is 0 Å². The lowest BCUT2D eigenvalue weighted by atomic mass is 10.1. The van der Waals surface area contributed by atoms with Gasteiger partial charge in [-0.2, -0.15) is 0 Å². The fourth-order valence-corrected chi connectivity index (χ4v) is 1.37. The van der Waals surface area contributed by atoms with Gasteiger partial charge in [-0.05, 0) is 34.7 Å². The molecule has 0 aliphatic heterocycles. The largest absolute Gasteiger partial charge is 0.506 e. The molecule has 0 saturated carbocycles. The summed E-state index contributed by atoms with van der Waals surface area (Å²) in [6.07, 6.45) is 1.04. The van der Waals surface area contributed by atoms with Crippen LogP contribution in [0.25, 0.3) is 0 Å². The number of benzene rings is 1. The molecule has 0 radical (unpaired) electrons. The molecule has 1 aromatic carbocycles. The van der Waals surface area contributed by atoms with Crippen LogP contribution in [0.1, 0.15) is 20.7 Å². The van der Waals surface area contributed by atoms with E-state index < -0.39 is 0 Å². The van der Waals surface area contributed by atoms with E-state index in [0.29, 0.717) is 16.1 Å². The molecule has 1 N–H and O–H groups in total. The van der Waals surface area contributed by atoms with Crippen LogP contribution in [0, 0.1) is 3.57 Å². The summed E-state index contributed by atoms with van der Waals surface area (Å²) in [7, 11) is 0. The Hall–Kier alpha value is -0.910. The van der Waals surface area contributed by atoms with Crippen molar-refractivity contribution in [2.24, 2.45) is 0 Å². The topological polar surface area (TPSA) is 54.4 Å². The van der Waals surface area contributed by atoms with E-state index in [1.165, 1.54) is 6.07 Å². The van der Waals surface area contributed by atoms with Crippen LogP contribution in [0.3, 0.4) is 0 Å². The van der Waals surface area contributed by atoms with Gasteiger partial charge in [-0.25, -0.2) is 0 Å². The molecule has 4 heteroatoms. The third-order valence-electron chi connectivity index (χ3n) is 1.44. The summed E-state index contributed by atoms with van der Waals surface area (Å²) in [5.74, 6) is -0.244. The highest BCUT2D eigenvalue weighted by molar-refractivity contribution is 14.1. The van der Waals surface area contributed by atoms with E-state index in [0.717, 1.165) is 0 Å². The Labute approximate surface area is 82.5 Å². The summed E-state index contributed by atoms with van der Waals surface area (Å²) in [4.78, 5) is 20.8. The third kappa shape index (κ3) is 1.47. The predicted octanol–water partition coefficient (Wildman–Crippen LogP) is 1.62. The summed E-state index contributed by atoms with van der Waals surface area (Å²) in [6, 6.07) is 3.07. The Kier molecular flexibility index (Phi) is 2.80. The molecule has 1 rings (SSSR count). The lowest BCUT2D eigenvalue weighted by Crippen LogP contribution is -1.91. The molecule has 0 unspecified atom stereocenters. The molecule has 3 nitrogen and oxygen atoms in total. The second-order valence-electron chi connectivity index (χ2n) is 2.13. The van der Waals surface area contributed by atoms with Gasteiger partial charge in [0.05, 0.1) is 11.1 Å². The van der Waals surface area contributed by atoms with Gasteiger partial charge in [-0.15, -0.1) is 0 Å². The quantitative estimate of drug-likeness (QED) is 0.659. The lowest BCUT2D eigenvalue weighted by molar-refractivity contribution is 0.111. The molecule has 0 aliphatic rings. The van der Waals surface area contributed by atoms with E-state index >= 15 is 0 Å². The first-order chi connectivity index (χ1) is 5.70. The highest BCUT2D eigenvalue weighted by atomic mass is 127. The van der Waals surface area contributed by atoms with E-state index in [4.69, 9.17) is 0 Å². The van der Waals surface area contributed by atoms with Gasteiger partial charge in [0, 0.05) is 3.57 Å². The van der Waals surface area contributed by atoms with Crippen LogP contribution in [-0.2, 0) is 0 Å². The normalized spacial score (nSPS) is 9.42. The van der Waals surface area contributed by atoms with Gasteiger partial charge >= 0.3 is 0 Å². The van der Waals surface area contributed by atoms with Crippen molar-refractivity contribution in [1.29, 1.82) is 0 Å². The van der Waals surface area contributed by atoms with Crippen molar-refractivity contribution < 1.29 is 14.7 Å². The minimum atomic E-state index is -0.244. The number of aldehydes is 2. The van der Waals surface area contributed by atoms with Crippen LogP contribution in [0.15, 0.2) is 12.1 Å². The Balaban J connectivity index is 3.43. The number of hydrogen-bond donors (Lipinski definition) is 1. The molecule has 62 valence electrons. The number of carbonyl (C=O) groups is 2. The van der Waals surface area contributed by atoms with E-state index in [-0.39, 0.29) is 16.9 Å². The van der Waals surface area contributed by atoms with Crippen molar-refractivity contribution in [3.63, 3.8) is 0 Å². The second kappa shape index (κ2) is 3.66. The fraction of sp³-hybridized carbons (Fsp3) is 0.